The fourth-order valence-electron chi connectivity index (χ4n) is 3.29. The summed E-state index contributed by atoms with van der Waals surface area (Å²) in [4.78, 5) is 3.41. The summed E-state index contributed by atoms with van der Waals surface area (Å²) >= 11 is 0. The Morgan fingerprint density at radius 1 is 1.21 bits per heavy atom. The molecule has 24 heavy (non-hydrogen) atoms. The lowest BCUT2D eigenvalue weighted by Gasteiger charge is -2.19. The fraction of sp³-hybridized carbons (Fsp3) is 0.300. The highest BCUT2D eigenvalue weighted by atomic mass is 19.1. The molecule has 0 spiro atoms. The monoisotopic (exact) mass is 326 g/mol. The van der Waals surface area contributed by atoms with Gasteiger partial charge in [-0.2, -0.15) is 0 Å². The maximum atomic E-state index is 13.8. The molecule has 0 saturated heterocycles. The summed E-state index contributed by atoms with van der Waals surface area (Å²) < 4.78 is 19.5. The second-order valence-corrected chi connectivity index (χ2v) is 6.03. The van der Waals surface area contributed by atoms with E-state index in [0.717, 1.165) is 23.2 Å². The summed E-state index contributed by atoms with van der Waals surface area (Å²) in [7, 11) is 0. The number of benzene rings is 2. The van der Waals surface area contributed by atoms with Crippen molar-refractivity contribution in [2.75, 3.05) is 13.2 Å². The van der Waals surface area contributed by atoms with Crippen molar-refractivity contribution in [1.29, 1.82) is 0 Å². The number of hydrogen-bond donors (Lipinski definition) is 2. The lowest BCUT2D eigenvalue weighted by molar-refractivity contribution is 0.333. The summed E-state index contributed by atoms with van der Waals surface area (Å²) in [6, 6.07) is 12.9. The van der Waals surface area contributed by atoms with Crippen LogP contribution in [0.1, 0.15) is 29.7 Å². The largest absolute Gasteiger partial charge is 0.494 e. The van der Waals surface area contributed by atoms with Gasteiger partial charge in [-0.1, -0.05) is 18.2 Å². The number of nitrogens with one attached hydrogen (secondary N) is 1. The molecule has 0 aliphatic carbocycles. The highest BCUT2D eigenvalue weighted by Gasteiger charge is 2.19. The van der Waals surface area contributed by atoms with Gasteiger partial charge in [-0.05, 0) is 56.6 Å². The van der Waals surface area contributed by atoms with Crippen LogP contribution >= 0.6 is 0 Å². The van der Waals surface area contributed by atoms with Crippen LogP contribution in [0.4, 0.5) is 4.39 Å². The average Bonchev–Trinajstić information content (AvgIpc) is 2.90. The molecule has 0 amide bonds. The van der Waals surface area contributed by atoms with Gasteiger partial charge >= 0.3 is 0 Å². The minimum absolute atomic E-state index is 0.000145. The van der Waals surface area contributed by atoms with Gasteiger partial charge < -0.3 is 15.5 Å². The molecule has 1 atom stereocenters. The first-order valence-electron chi connectivity index (χ1n) is 8.32. The van der Waals surface area contributed by atoms with Crippen LogP contribution in [0.2, 0.25) is 0 Å². The lowest BCUT2D eigenvalue weighted by Crippen LogP contribution is -2.17. The number of H-pyrrole nitrogens is 1. The molecular formula is C20H23FN2O. The number of aryl methyl sites for hydroxylation is 1. The molecule has 4 heteroatoms. The summed E-state index contributed by atoms with van der Waals surface area (Å²) in [6.07, 6.45) is 0.746. The Kier molecular flexibility index (Phi) is 4.86. The molecule has 3 aromatic rings. The van der Waals surface area contributed by atoms with E-state index in [1.54, 1.807) is 12.1 Å². The van der Waals surface area contributed by atoms with Crippen LogP contribution in [-0.4, -0.2) is 18.1 Å². The van der Waals surface area contributed by atoms with E-state index in [0.29, 0.717) is 18.9 Å². The fourth-order valence-corrected chi connectivity index (χ4v) is 3.29. The number of aromatic amines is 1. The summed E-state index contributed by atoms with van der Waals surface area (Å²) in [6.45, 7) is 4.97. The van der Waals surface area contributed by atoms with E-state index in [4.69, 9.17) is 10.5 Å². The molecule has 0 saturated carbocycles. The Bertz CT molecular complexity index is 841. The van der Waals surface area contributed by atoms with Crippen molar-refractivity contribution in [2.24, 2.45) is 5.73 Å². The van der Waals surface area contributed by atoms with E-state index in [2.05, 4.69) is 24.0 Å². The predicted octanol–water partition coefficient (Wildman–Crippen LogP) is 4.30. The zero-order valence-corrected chi connectivity index (χ0v) is 14.1. The molecule has 3 rings (SSSR count). The van der Waals surface area contributed by atoms with Crippen molar-refractivity contribution in [3.8, 4) is 5.75 Å². The van der Waals surface area contributed by atoms with E-state index in [9.17, 15) is 4.39 Å². The smallest absolute Gasteiger partial charge is 0.123 e. The number of ether oxygens (including phenoxy) is 1. The zero-order chi connectivity index (χ0) is 17.1. The summed E-state index contributed by atoms with van der Waals surface area (Å²) in [5.74, 6) is 0.453. The van der Waals surface area contributed by atoms with Gasteiger partial charge in [0.05, 0.1) is 6.61 Å². The van der Waals surface area contributed by atoms with Crippen molar-refractivity contribution >= 4 is 10.9 Å². The van der Waals surface area contributed by atoms with Gasteiger partial charge in [0.1, 0.15) is 11.6 Å². The molecular weight excluding hydrogens is 303 g/mol. The molecule has 2 aromatic carbocycles. The van der Waals surface area contributed by atoms with E-state index in [-0.39, 0.29) is 11.7 Å². The van der Waals surface area contributed by atoms with Gasteiger partial charge in [0.15, 0.2) is 0 Å². The highest BCUT2D eigenvalue weighted by Crippen LogP contribution is 2.33. The zero-order valence-electron chi connectivity index (χ0n) is 14.1. The van der Waals surface area contributed by atoms with Crippen molar-refractivity contribution in [1.82, 2.24) is 4.98 Å². The number of hydrogen-bond acceptors (Lipinski definition) is 2. The number of aromatic nitrogens is 1. The number of rotatable bonds is 6. The Labute approximate surface area is 141 Å². The molecule has 3 N–H and O–H groups in total. The van der Waals surface area contributed by atoms with Crippen LogP contribution < -0.4 is 10.5 Å². The predicted molar refractivity (Wildman–Crippen MR) is 96.1 cm³/mol. The van der Waals surface area contributed by atoms with Gasteiger partial charge in [-0.3, -0.25) is 0 Å². The molecule has 126 valence electrons. The van der Waals surface area contributed by atoms with E-state index < -0.39 is 0 Å². The minimum atomic E-state index is -0.262. The van der Waals surface area contributed by atoms with Crippen molar-refractivity contribution in [3.05, 3.63) is 65.1 Å². The van der Waals surface area contributed by atoms with Crippen LogP contribution in [0.15, 0.2) is 42.5 Å². The lowest BCUT2D eigenvalue weighted by atomic mass is 9.90. The average molecular weight is 326 g/mol. The number of nitrogens with two attached hydrogens (primary N) is 1. The Hall–Kier alpha value is -2.33. The van der Waals surface area contributed by atoms with Crippen LogP contribution in [0.25, 0.3) is 10.9 Å². The van der Waals surface area contributed by atoms with Crippen LogP contribution in [0.3, 0.4) is 0 Å². The van der Waals surface area contributed by atoms with Gasteiger partial charge in [-0.15, -0.1) is 0 Å². The van der Waals surface area contributed by atoms with Crippen LogP contribution in [-0.2, 0) is 6.42 Å². The highest BCUT2D eigenvalue weighted by molar-refractivity contribution is 5.84. The maximum absolute atomic E-state index is 13.8. The molecule has 1 aromatic heterocycles. The molecule has 1 unspecified atom stereocenters. The van der Waals surface area contributed by atoms with Crippen LogP contribution in [0.5, 0.6) is 5.75 Å². The van der Waals surface area contributed by atoms with Crippen LogP contribution in [0, 0.1) is 12.7 Å². The van der Waals surface area contributed by atoms with Crippen molar-refractivity contribution in [3.63, 3.8) is 0 Å². The third kappa shape index (κ3) is 3.15. The quantitative estimate of drug-likeness (QED) is 0.709. The van der Waals surface area contributed by atoms with Gasteiger partial charge in [0, 0.05) is 28.1 Å². The van der Waals surface area contributed by atoms with Crippen molar-refractivity contribution < 1.29 is 9.13 Å². The number of fused-ring (bicyclic) bond motifs is 1. The normalized spacial score (nSPS) is 12.5. The molecule has 0 aliphatic rings. The first-order valence-corrected chi connectivity index (χ1v) is 8.32. The van der Waals surface area contributed by atoms with Gasteiger partial charge in [0.2, 0.25) is 0 Å². The number of halogens is 1. The van der Waals surface area contributed by atoms with Gasteiger partial charge in [0.25, 0.3) is 0 Å². The van der Waals surface area contributed by atoms with Gasteiger partial charge in [-0.25, -0.2) is 4.39 Å². The Morgan fingerprint density at radius 3 is 2.75 bits per heavy atom. The molecule has 0 fully saturated rings. The molecule has 1 heterocycles. The van der Waals surface area contributed by atoms with E-state index >= 15 is 0 Å². The standard InChI is InChI=1S/C20H23FN2O/c1-3-24-20-9-8-15(21)11-18(20)14(12-22)10-17-13(2)23-19-7-5-4-6-16(17)19/h4-9,11,14,23H,3,10,12,22H2,1-2H3. The second-order valence-electron chi connectivity index (χ2n) is 6.03. The summed E-state index contributed by atoms with van der Waals surface area (Å²) in [5, 5.41) is 1.20. The van der Waals surface area contributed by atoms with E-state index in [1.807, 2.05) is 19.1 Å². The molecule has 0 radical (unpaired) electrons. The Balaban J connectivity index is 2.00. The molecule has 0 bridgehead atoms. The minimum Gasteiger partial charge on any atom is -0.494 e. The topological polar surface area (TPSA) is 51.0 Å². The summed E-state index contributed by atoms with van der Waals surface area (Å²) in [5.41, 5.74) is 10.4. The third-order valence-electron chi connectivity index (χ3n) is 4.47. The Morgan fingerprint density at radius 2 is 2.00 bits per heavy atom. The first kappa shape index (κ1) is 16.5. The SMILES string of the molecule is CCOc1ccc(F)cc1C(CN)Cc1c(C)[nH]c2ccccc12. The molecule has 3 nitrogen and oxygen atoms in total. The second kappa shape index (κ2) is 7.05. The third-order valence-corrected chi connectivity index (χ3v) is 4.47. The molecule has 0 aliphatic heterocycles. The van der Waals surface area contributed by atoms with E-state index in [1.165, 1.54) is 17.0 Å². The number of para-hydroxylation sites is 1. The maximum Gasteiger partial charge on any atom is 0.123 e. The van der Waals surface area contributed by atoms with Crippen molar-refractivity contribution in [2.45, 2.75) is 26.2 Å². The first-order chi connectivity index (χ1) is 11.6.